The zero-order chi connectivity index (χ0) is 12.3. The summed E-state index contributed by atoms with van der Waals surface area (Å²) in [5.41, 5.74) is 1.42. The predicted molar refractivity (Wildman–Crippen MR) is 65.8 cm³/mol. The molecule has 0 aliphatic carbocycles. The van der Waals surface area contributed by atoms with Gasteiger partial charge in [0.15, 0.2) is 0 Å². The lowest BCUT2D eigenvalue weighted by atomic mass is 10.2. The molecule has 4 nitrogen and oxygen atoms in total. The number of benzene rings is 1. The van der Waals surface area contributed by atoms with Crippen molar-refractivity contribution < 1.29 is 4.79 Å². The first kappa shape index (κ1) is 11.7. The Morgan fingerprint density at radius 1 is 1.41 bits per heavy atom. The lowest BCUT2D eigenvalue weighted by Crippen LogP contribution is -2.25. The number of hydrogen-bond acceptors (Lipinski definition) is 2. The highest BCUT2D eigenvalue weighted by Crippen LogP contribution is 2.13. The first-order valence-electron chi connectivity index (χ1n) is 5.18. The first-order valence-corrected chi connectivity index (χ1v) is 5.56. The van der Waals surface area contributed by atoms with E-state index < -0.39 is 0 Å². The van der Waals surface area contributed by atoms with Crippen molar-refractivity contribution in [2.45, 2.75) is 6.54 Å². The second-order valence-electron chi connectivity index (χ2n) is 3.63. The van der Waals surface area contributed by atoms with E-state index in [-0.39, 0.29) is 5.91 Å². The Labute approximate surface area is 104 Å². The Bertz CT molecular complexity index is 502. The highest BCUT2D eigenvalue weighted by Gasteiger charge is 2.14. The van der Waals surface area contributed by atoms with Crippen LogP contribution in [0.1, 0.15) is 16.1 Å². The molecule has 0 atom stereocenters. The molecule has 0 saturated carbocycles. The molecule has 0 saturated heterocycles. The molecule has 5 heteroatoms. The molecule has 0 aliphatic rings. The molecule has 0 unspecified atom stereocenters. The fourth-order valence-electron chi connectivity index (χ4n) is 1.53. The third-order valence-corrected chi connectivity index (χ3v) is 2.68. The van der Waals surface area contributed by atoms with Crippen molar-refractivity contribution in [3.63, 3.8) is 0 Å². The van der Waals surface area contributed by atoms with Crippen LogP contribution in [0.2, 0.25) is 5.02 Å². The summed E-state index contributed by atoms with van der Waals surface area (Å²) < 4.78 is 1.46. The van der Waals surface area contributed by atoms with E-state index in [9.17, 15) is 4.79 Å². The number of hydrogen-bond donors (Lipinski definition) is 1. The maximum absolute atomic E-state index is 11.9. The number of halogens is 1. The third-order valence-electron chi connectivity index (χ3n) is 2.41. The van der Waals surface area contributed by atoms with Crippen molar-refractivity contribution >= 4 is 17.5 Å². The molecule has 0 aliphatic heterocycles. The van der Waals surface area contributed by atoms with Crippen LogP contribution < -0.4 is 5.32 Å². The summed E-state index contributed by atoms with van der Waals surface area (Å²) in [7, 11) is 1.68. The van der Waals surface area contributed by atoms with E-state index in [4.69, 9.17) is 11.6 Å². The Morgan fingerprint density at radius 3 is 2.71 bits per heavy atom. The smallest absolute Gasteiger partial charge is 0.271 e. The second-order valence-corrected chi connectivity index (χ2v) is 4.04. The van der Waals surface area contributed by atoms with Gasteiger partial charge in [0.2, 0.25) is 0 Å². The monoisotopic (exact) mass is 249 g/mol. The van der Waals surface area contributed by atoms with Crippen molar-refractivity contribution in [3.8, 4) is 0 Å². The van der Waals surface area contributed by atoms with Crippen molar-refractivity contribution in [2.24, 2.45) is 7.05 Å². The lowest BCUT2D eigenvalue weighted by Gasteiger charge is -2.05. The van der Waals surface area contributed by atoms with Crippen molar-refractivity contribution in [2.75, 3.05) is 0 Å². The predicted octanol–water partition coefficient (Wildman–Crippen LogP) is 2.00. The van der Waals surface area contributed by atoms with Gasteiger partial charge in [0.1, 0.15) is 5.69 Å². The molecular weight excluding hydrogens is 238 g/mol. The van der Waals surface area contributed by atoms with Crippen LogP contribution in [0.15, 0.2) is 36.5 Å². The Kier molecular flexibility index (Phi) is 3.44. The Balaban J connectivity index is 2.04. The van der Waals surface area contributed by atoms with Gasteiger partial charge in [0.05, 0.1) is 11.2 Å². The van der Waals surface area contributed by atoms with Crippen LogP contribution in [0.4, 0.5) is 0 Å². The van der Waals surface area contributed by atoms with Crippen LogP contribution in [0.25, 0.3) is 0 Å². The quantitative estimate of drug-likeness (QED) is 0.905. The van der Waals surface area contributed by atoms with Crippen molar-refractivity contribution in [1.82, 2.24) is 15.1 Å². The number of amides is 1. The van der Waals surface area contributed by atoms with Crippen molar-refractivity contribution in [3.05, 3.63) is 52.8 Å². The third kappa shape index (κ3) is 2.65. The molecule has 0 fully saturated rings. The summed E-state index contributed by atoms with van der Waals surface area (Å²) in [6, 6.07) is 9.69. The largest absolute Gasteiger partial charge is 0.347 e. The average molecular weight is 250 g/mol. The topological polar surface area (TPSA) is 46.9 Å². The Hall–Kier alpha value is -1.81. The Morgan fingerprint density at radius 2 is 2.12 bits per heavy atom. The van der Waals surface area contributed by atoms with Crippen LogP contribution in [-0.4, -0.2) is 15.7 Å². The fourth-order valence-corrected chi connectivity index (χ4v) is 1.78. The minimum absolute atomic E-state index is 0.223. The summed E-state index contributed by atoms with van der Waals surface area (Å²) in [6.45, 7) is 0.473. The van der Waals surface area contributed by atoms with E-state index in [1.807, 2.05) is 30.3 Å². The molecular formula is C12H12ClN3O. The normalized spacial score (nSPS) is 10.2. The SMILES string of the molecule is Cn1ncc(Cl)c1C(=O)NCc1ccccc1. The van der Waals surface area contributed by atoms with Gasteiger partial charge >= 0.3 is 0 Å². The van der Waals surface area contributed by atoms with E-state index in [2.05, 4.69) is 10.4 Å². The van der Waals surface area contributed by atoms with Gasteiger partial charge in [-0.15, -0.1) is 0 Å². The van der Waals surface area contributed by atoms with Gasteiger partial charge in [0.25, 0.3) is 5.91 Å². The molecule has 2 rings (SSSR count). The number of nitrogens with one attached hydrogen (secondary N) is 1. The van der Waals surface area contributed by atoms with E-state index in [1.165, 1.54) is 10.9 Å². The molecule has 88 valence electrons. The van der Waals surface area contributed by atoms with Gasteiger partial charge in [-0.3, -0.25) is 9.48 Å². The zero-order valence-corrected chi connectivity index (χ0v) is 10.1. The molecule has 1 N–H and O–H groups in total. The summed E-state index contributed by atoms with van der Waals surface area (Å²) in [5, 5.41) is 7.07. The lowest BCUT2D eigenvalue weighted by molar-refractivity contribution is 0.0941. The maximum atomic E-state index is 11.9. The van der Waals surface area contributed by atoms with Gasteiger partial charge in [-0.05, 0) is 5.56 Å². The molecule has 0 spiro atoms. The van der Waals surface area contributed by atoms with Gasteiger partial charge in [-0.25, -0.2) is 0 Å². The number of carbonyl (C=O) groups is 1. The summed E-state index contributed by atoms with van der Waals surface area (Å²) >= 11 is 5.88. The molecule has 1 amide bonds. The van der Waals surface area contributed by atoms with Crippen LogP contribution in [0, 0.1) is 0 Å². The van der Waals surface area contributed by atoms with E-state index >= 15 is 0 Å². The second kappa shape index (κ2) is 5.01. The highest BCUT2D eigenvalue weighted by molar-refractivity contribution is 6.33. The van der Waals surface area contributed by atoms with E-state index in [0.717, 1.165) is 5.56 Å². The first-order chi connectivity index (χ1) is 8.18. The number of aryl methyl sites for hydroxylation is 1. The molecule has 2 aromatic rings. The molecule has 17 heavy (non-hydrogen) atoms. The summed E-state index contributed by atoms with van der Waals surface area (Å²) in [6.07, 6.45) is 1.46. The minimum atomic E-state index is -0.223. The molecule has 1 aromatic carbocycles. The van der Waals surface area contributed by atoms with Crippen molar-refractivity contribution in [1.29, 1.82) is 0 Å². The number of rotatable bonds is 3. The van der Waals surface area contributed by atoms with Crippen LogP contribution in [-0.2, 0) is 13.6 Å². The molecule has 0 bridgehead atoms. The van der Waals surface area contributed by atoms with Gasteiger partial charge in [0, 0.05) is 13.6 Å². The highest BCUT2D eigenvalue weighted by atomic mass is 35.5. The fraction of sp³-hybridized carbons (Fsp3) is 0.167. The maximum Gasteiger partial charge on any atom is 0.271 e. The summed E-state index contributed by atoms with van der Waals surface area (Å²) in [5.74, 6) is -0.223. The molecule has 0 radical (unpaired) electrons. The number of carbonyl (C=O) groups excluding carboxylic acids is 1. The van der Waals surface area contributed by atoms with Gasteiger partial charge in [-0.1, -0.05) is 41.9 Å². The average Bonchev–Trinajstić information content (AvgIpc) is 2.67. The van der Waals surface area contributed by atoms with E-state index in [0.29, 0.717) is 17.3 Å². The van der Waals surface area contributed by atoms with Gasteiger partial charge < -0.3 is 5.32 Å². The number of aromatic nitrogens is 2. The zero-order valence-electron chi connectivity index (χ0n) is 9.35. The molecule has 1 heterocycles. The summed E-state index contributed by atoms with van der Waals surface area (Å²) in [4.78, 5) is 11.9. The van der Waals surface area contributed by atoms with E-state index in [1.54, 1.807) is 7.05 Å². The van der Waals surface area contributed by atoms with Crippen LogP contribution in [0.3, 0.4) is 0 Å². The van der Waals surface area contributed by atoms with Crippen LogP contribution >= 0.6 is 11.6 Å². The minimum Gasteiger partial charge on any atom is -0.347 e. The number of nitrogens with zero attached hydrogens (tertiary/aromatic N) is 2. The molecule has 1 aromatic heterocycles. The van der Waals surface area contributed by atoms with Crippen LogP contribution in [0.5, 0.6) is 0 Å². The van der Waals surface area contributed by atoms with Gasteiger partial charge in [-0.2, -0.15) is 5.10 Å². The standard InChI is InChI=1S/C12H12ClN3O/c1-16-11(10(13)8-15-16)12(17)14-7-9-5-3-2-4-6-9/h2-6,8H,7H2,1H3,(H,14,17).